The van der Waals surface area contributed by atoms with Gasteiger partial charge in [0.1, 0.15) is 11.4 Å². The third-order valence-electron chi connectivity index (χ3n) is 6.11. The Morgan fingerprint density at radius 1 is 1.33 bits per heavy atom. The number of likely N-dealkylation sites (tertiary alicyclic amines) is 1. The maximum absolute atomic E-state index is 12.9. The van der Waals surface area contributed by atoms with Crippen LogP contribution < -0.4 is 4.74 Å². The Morgan fingerprint density at radius 2 is 2.10 bits per heavy atom. The molecule has 0 aliphatic carbocycles. The molecule has 0 aromatic carbocycles. The molecule has 1 spiro atoms. The first-order chi connectivity index (χ1) is 14.4. The number of carbonyl (C=O) groups excluding carboxylic acids is 1. The number of hydrogen-bond donors (Lipinski definition) is 0. The number of hydrogen-bond acceptors (Lipinski definition) is 6. The normalized spacial score (nSPS) is 18.3. The van der Waals surface area contributed by atoms with Crippen LogP contribution in [0.3, 0.4) is 0 Å². The maximum Gasteiger partial charge on any atom is 0.254 e. The van der Waals surface area contributed by atoms with Crippen molar-refractivity contribution in [3.8, 4) is 16.3 Å². The van der Waals surface area contributed by atoms with E-state index < -0.39 is 5.60 Å². The third kappa shape index (κ3) is 3.86. The summed E-state index contributed by atoms with van der Waals surface area (Å²) < 4.78 is 17.3. The van der Waals surface area contributed by atoms with Gasteiger partial charge in [-0.25, -0.2) is 0 Å². The Hall–Kier alpha value is -1.96. The zero-order valence-electron chi connectivity index (χ0n) is 18.2. The topological polar surface area (TPSA) is 60.9 Å². The quantitative estimate of drug-likeness (QED) is 0.717. The minimum absolute atomic E-state index is 0.0590. The molecule has 1 fully saturated rings. The van der Waals surface area contributed by atoms with Gasteiger partial charge < -0.3 is 19.1 Å². The van der Waals surface area contributed by atoms with Crippen LogP contribution in [0.15, 0.2) is 24.4 Å². The van der Waals surface area contributed by atoms with Crippen molar-refractivity contribution in [1.29, 1.82) is 0 Å². The van der Waals surface area contributed by atoms with Crippen molar-refractivity contribution in [2.24, 2.45) is 0 Å². The third-order valence-corrected chi connectivity index (χ3v) is 7.33. The Labute approximate surface area is 182 Å². The lowest BCUT2D eigenvalue weighted by atomic mass is 9.82. The monoisotopic (exact) mass is 430 g/mol. The molecule has 2 aliphatic rings. The fourth-order valence-corrected chi connectivity index (χ4v) is 5.69. The highest BCUT2D eigenvalue weighted by atomic mass is 32.1. The average Bonchev–Trinajstić information content (AvgIpc) is 3.20. The molecule has 6 nitrogen and oxygen atoms in total. The van der Waals surface area contributed by atoms with E-state index in [1.165, 1.54) is 10.4 Å². The van der Waals surface area contributed by atoms with Crippen LogP contribution in [-0.2, 0) is 26.3 Å². The van der Waals surface area contributed by atoms with Gasteiger partial charge >= 0.3 is 0 Å². The molecular weight excluding hydrogens is 400 g/mol. The SMILES string of the molecule is CCOC(C)(C)C(=O)N1CCC2(CC1)OCCc1sc(-c3ccc(OC)cn3)cc12. The number of aromatic nitrogens is 1. The molecule has 2 aromatic heterocycles. The molecule has 7 heteroatoms. The van der Waals surface area contributed by atoms with Gasteiger partial charge in [-0.1, -0.05) is 0 Å². The van der Waals surface area contributed by atoms with Crippen molar-refractivity contribution < 1.29 is 19.0 Å². The van der Waals surface area contributed by atoms with Gasteiger partial charge in [0, 0.05) is 31.0 Å². The van der Waals surface area contributed by atoms with Gasteiger partial charge in [0.2, 0.25) is 0 Å². The molecule has 162 valence electrons. The van der Waals surface area contributed by atoms with Crippen molar-refractivity contribution in [2.45, 2.75) is 51.2 Å². The number of nitrogens with zero attached hydrogens (tertiary/aromatic N) is 2. The van der Waals surface area contributed by atoms with Gasteiger partial charge in [0.15, 0.2) is 0 Å². The van der Waals surface area contributed by atoms with Gasteiger partial charge in [-0.3, -0.25) is 9.78 Å². The number of ether oxygens (including phenoxy) is 3. The summed E-state index contributed by atoms with van der Waals surface area (Å²) in [7, 11) is 1.65. The Balaban J connectivity index is 1.53. The summed E-state index contributed by atoms with van der Waals surface area (Å²) in [5.41, 5.74) is 1.15. The predicted molar refractivity (Wildman–Crippen MR) is 117 cm³/mol. The summed E-state index contributed by atoms with van der Waals surface area (Å²) in [5.74, 6) is 0.815. The molecule has 0 saturated carbocycles. The average molecular weight is 431 g/mol. The van der Waals surface area contributed by atoms with Gasteiger partial charge in [-0.2, -0.15) is 0 Å². The first-order valence-electron chi connectivity index (χ1n) is 10.6. The molecule has 30 heavy (non-hydrogen) atoms. The van der Waals surface area contributed by atoms with Crippen molar-refractivity contribution >= 4 is 17.2 Å². The van der Waals surface area contributed by atoms with E-state index in [9.17, 15) is 4.79 Å². The van der Waals surface area contributed by atoms with E-state index in [1.807, 2.05) is 37.8 Å². The van der Waals surface area contributed by atoms with Gasteiger partial charge in [-0.05, 0) is 57.4 Å². The van der Waals surface area contributed by atoms with E-state index in [0.717, 1.165) is 42.2 Å². The van der Waals surface area contributed by atoms with Crippen molar-refractivity contribution in [3.63, 3.8) is 0 Å². The van der Waals surface area contributed by atoms with E-state index >= 15 is 0 Å². The van der Waals surface area contributed by atoms with Crippen LogP contribution in [0.25, 0.3) is 10.6 Å². The number of pyridine rings is 1. The number of amides is 1. The van der Waals surface area contributed by atoms with E-state index in [-0.39, 0.29) is 11.5 Å². The molecule has 0 unspecified atom stereocenters. The number of fused-ring (bicyclic) bond motifs is 2. The lowest BCUT2D eigenvalue weighted by Crippen LogP contribution is -2.53. The molecule has 0 bridgehead atoms. The highest BCUT2D eigenvalue weighted by Crippen LogP contribution is 2.46. The summed E-state index contributed by atoms with van der Waals surface area (Å²) in [6.07, 6.45) is 4.29. The van der Waals surface area contributed by atoms with Crippen LogP contribution in [0.4, 0.5) is 0 Å². The molecule has 1 amide bonds. The summed E-state index contributed by atoms with van der Waals surface area (Å²) in [4.78, 5) is 21.9. The highest BCUT2D eigenvalue weighted by molar-refractivity contribution is 7.15. The number of methoxy groups -OCH3 is 1. The predicted octanol–water partition coefficient (Wildman–Crippen LogP) is 4.02. The van der Waals surface area contributed by atoms with Crippen LogP contribution in [0.2, 0.25) is 0 Å². The van der Waals surface area contributed by atoms with E-state index in [2.05, 4.69) is 11.1 Å². The molecular formula is C23H30N2O4S. The smallest absolute Gasteiger partial charge is 0.254 e. The number of piperidine rings is 1. The second kappa shape index (κ2) is 8.29. The Morgan fingerprint density at radius 3 is 2.73 bits per heavy atom. The van der Waals surface area contributed by atoms with Gasteiger partial charge in [0.25, 0.3) is 5.91 Å². The Kier molecular flexibility index (Phi) is 5.88. The van der Waals surface area contributed by atoms with Gasteiger partial charge in [-0.15, -0.1) is 11.3 Å². The van der Waals surface area contributed by atoms with E-state index in [0.29, 0.717) is 19.7 Å². The molecule has 0 N–H and O–H groups in total. The van der Waals surface area contributed by atoms with Crippen molar-refractivity contribution in [1.82, 2.24) is 9.88 Å². The lowest BCUT2D eigenvalue weighted by molar-refractivity contribution is -0.161. The van der Waals surface area contributed by atoms with Crippen molar-refractivity contribution in [2.75, 3.05) is 33.4 Å². The van der Waals surface area contributed by atoms with Crippen molar-refractivity contribution in [3.05, 3.63) is 34.8 Å². The number of carbonyl (C=O) groups is 1. The van der Waals surface area contributed by atoms with Crippen LogP contribution >= 0.6 is 11.3 Å². The van der Waals surface area contributed by atoms with Crippen LogP contribution in [-0.4, -0.2) is 54.8 Å². The second-order valence-electron chi connectivity index (χ2n) is 8.36. The molecule has 2 aliphatic heterocycles. The highest BCUT2D eigenvalue weighted by Gasteiger charge is 2.44. The minimum atomic E-state index is -0.784. The van der Waals surface area contributed by atoms with E-state index in [1.54, 1.807) is 24.6 Å². The largest absolute Gasteiger partial charge is 0.495 e. The van der Waals surface area contributed by atoms with Crippen LogP contribution in [0.5, 0.6) is 5.75 Å². The van der Waals surface area contributed by atoms with E-state index in [4.69, 9.17) is 14.2 Å². The molecule has 1 saturated heterocycles. The maximum atomic E-state index is 12.9. The summed E-state index contributed by atoms with van der Waals surface area (Å²) in [6, 6.07) is 6.19. The first-order valence-corrected chi connectivity index (χ1v) is 11.4. The number of rotatable bonds is 5. The molecule has 2 aromatic rings. The summed E-state index contributed by atoms with van der Waals surface area (Å²) in [5, 5.41) is 0. The first kappa shape index (κ1) is 21.3. The number of thiophene rings is 1. The zero-order valence-corrected chi connectivity index (χ0v) is 19.0. The van der Waals surface area contributed by atoms with Crippen LogP contribution in [0, 0.1) is 0 Å². The van der Waals surface area contributed by atoms with Crippen LogP contribution in [0.1, 0.15) is 44.1 Å². The summed E-state index contributed by atoms with van der Waals surface area (Å²) in [6.45, 7) is 8.24. The van der Waals surface area contributed by atoms with Gasteiger partial charge in [0.05, 0.1) is 36.1 Å². The molecule has 4 heterocycles. The minimum Gasteiger partial charge on any atom is -0.495 e. The molecule has 4 rings (SSSR count). The fourth-order valence-electron chi connectivity index (χ4n) is 4.48. The summed E-state index contributed by atoms with van der Waals surface area (Å²) >= 11 is 1.80. The fraction of sp³-hybridized carbons (Fsp3) is 0.565. The molecule has 0 radical (unpaired) electrons. The lowest BCUT2D eigenvalue weighted by Gasteiger charge is -2.45. The second-order valence-corrected chi connectivity index (χ2v) is 9.50. The Bertz CT molecular complexity index is 898. The standard InChI is InChI=1S/C23H30N2O4S/c1-5-28-22(2,3)21(26)25-11-9-23(10-12-25)17-14-20(30-19(17)8-13-29-23)18-7-6-16(27-4)15-24-18/h6-7,14-15H,5,8-13H2,1-4H3. The molecule has 0 atom stereocenters. The zero-order chi connectivity index (χ0) is 21.4.